The number of hydrogen-bond acceptors (Lipinski definition) is 4. The molecule has 0 amide bonds. The van der Waals surface area contributed by atoms with Crippen molar-refractivity contribution < 1.29 is 8.42 Å². The maximum Gasteiger partial charge on any atom is 0.257 e. The molecule has 0 unspecified atom stereocenters. The fourth-order valence-corrected chi connectivity index (χ4v) is 3.09. The van der Waals surface area contributed by atoms with Crippen LogP contribution in [0.1, 0.15) is 5.56 Å². The minimum absolute atomic E-state index is 0.216. The van der Waals surface area contributed by atoms with E-state index in [-0.39, 0.29) is 4.90 Å². The Kier molecular flexibility index (Phi) is 5.02. The Labute approximate surface area is 147 Å². The zero-order valence-corrected chi connectivity index (χ0v) is 14.5. The van der Waals surface area contributed by atoms with Crippen molar-refractivity contribution >= 4 is 27.1 Å². The van der Waals surface area contributed by atoms with Crippen LogP contribution in [-0.4, -0.2) is 8.42 Å². The van der Waals surface area contributed by atoms with Gasteiger partial charge >= 0.3 is 0 Å². The molecule has 3 N–H and O–H groups in total. The minimum Gasteiger partial charge on any atom is -0.356 e. The smallest absolute Gasteiger partial charge is 0.257 e. The Balaban J connectivity index is 1.62. The molecule has 0 radical (unpaired) electrons. The third kappa shape index (κ3) is 4.59. The highest BCUT2D eigenvalue weighted by Gasteiger charge is 2.12. The van der Waals surface area contributed by atoms with Gasteiger partial charge in [-0.1, -0.05) is 35.9 Å². The first-order chi connectivity index (χ1) is 12.0. The van der Waals surface area contributed by atoms with Gasteiger partial charge in [0, 0.05) is 17.1 Å². The molecule has 0 aliphatic rings. The van der Waals surface area contributed by atoms with Crippen molar-refractivity contribution in [3.63, 3.8) is 0 Å². The van der Waals surface area contributed by atoms with Gasteiger partial charge in [-0.3, -0.25) is 0 Å². The van der Waals surface area contributed by atoms with Crippen molar-refractivity contribution in [2.24, 2.45) is 0 Å². The molecule has 0 bridgehead atoms. The van der Waals surface area contributed by atoms with Gasteiger partial charge in [-0.15, -0.1) is 4.83 Å². The standard InChI is InChI=1S/C19H19N3O2S/c1-15-7-13-19(14-8-15)25(23,24)22-21-18-11-9-17(10-12-18)20-16-5-3-2-4-6-16/h2-14,20-22H,1H3. The van der Waals surface area contributed by atoms with Gasteiger partial charge in [0.25, 0.3) is 10.0 Å². The maximum atomic E-state index is 12.2. The zero-order valence-electron chi connectivity index (χ0n) is 13.7. The first kappa shape index (κ1) is 17.0. The predicted octanol–water partition coefficient (Wildman–Crippen LogP) is 4.04. The molecule has 3 aromatic carbocycles. The first-order valence-electron chi connectivity index (χ1n) is 7.79. The summed E-state index contributed by atoms with van der Waals surface area (Å²) in [4.78, 5) is 2.60. The van der Waals surface area contributed by atoms with Crippen LogP contribution in [0.5, 0.6) is 0 Å². The molecule has 0 aromatic heterocycles. The van der Waals surface area contributed by atoms with Gasteiger partial charge in [-0.25, -0.2) is 8.42 Å². The van der Waals surface area contributed by atoms with Gasteiger partial charge in [0.1, 0.15) is 0 Å². The summed E-state index contributed by atoms with van der Waals surface area (Å²) in [5.41, 5.74) is 6.28. The highest BCUT2D eigenvalue weighted by atomic mass is 32.2. The topological polar surface area (TPSA) is 70.2 Å². The summed E-state index contributed by atoms with van der Waals surface area (Å²) in [5, 5.41) is 3.27. The molecular formula is C19H19N3O2S. The summed E-state index contributed by atoms with van der Waals surface area (Å²) in [5.74, 6) is 0. The van der Waals surface area contributed by atoms with Crippen LogP contribution in [0.2, 0.25) is 0 Å². The van der Waals surface area contributed by atoms with Crippen LogP contribution < -0.4 is 15.6 Å². The molecule has 0 fully saturated rings. The van der Waals surface area contributed by atoms with E-state index in [1.807, 2.05) is 49.4 Å². The molecule has 0 aliphatic carbocycles. The lowest BCUT2D eigenvalue weighted by Gasteiger charge is -2.11. The largest absolute Gasteiger partial charge is 0.356 e. The van der Waals surface area contributed by atoms with Crippen molar-refractivity contribution in [3.05, 3.63) is 84.4 Å². The SMILES string of the molecule is Cc1ccc(S(=O)(=O)NNc2ccc(Nc3ccccc3)cc2)cc1. The van der Waals surface area contributed by atoms with Crippen molar-refractivity contribution in [1.29, 1.82) is 0 Å². The number of hydrazine groups is 1. The molecular weight excluding hydrogens is 334 g/mol. The lowest BCUT2D eigenvalue weighted by Crippen LogP contribution is -2.29. The molecule has 0 saturated carbocycles. The molecule has 128 valence electrons. The van der Waals surface area contributed by atoms with Crippen molar-refractivity contribution in [1.82, 2.24) is 4.83 Å². The molecule has 3 rings (SSSR count). The highest BCUT2D eigenvalue weighted by Crippen LogP contribution is 2.18. The number of nitrogens with one attached hydrogen (secondary N) is 3. The van der Waals surface area contributed by atoms with Gasteiger partial charge in [0.15, 0.2) is 0 Å². The van der Waals surface area contributed by atoms with Crippen LogP contribution in [0, 0.1) is 6.92 Å². The van der Waals surface area contributed by atoms with E-state index in [1.165, 1.54) is 0 Å². The van der Waals surface area contributed by atoms with E-state index in [0.29, 0.717) is 5.69 Å². The molecule has 25 heavy (non-hydrogen) atoms. The monoisotopic (exact) mass is 353 g/mol. The van der Waals surface area contributed by atoms with Gasteiger partial charge < -0.3 is 10.7 Å². The van der Waals surface area contributed by atoms with Crippen LogP contribution in [-0.2, 0) is 10.0 Å². The van der Waals surface area contributed by atoms with Crippen LogP contribution in [0.4, 0.5) is 17.1 Å². The van der Waals surface area contributed by atoms with Crippen LogP contribution >= 0.6 is 0 Å². The molecule has 0 atom stereocenters. The molecule has 0 heterocycles. The molecule has 0 aliphatic heterocycles. The number of benzene rings is 3. The number of hydrogen-bond donors (Lipinski definition) is 3. The third-order valence-electron chi connectivity index (χ3n) is 3.61. The summed E-state index contributed by atoms with van der Waals surface area (Å²) in [6.07, 6.45) is 0. The summed E-state index contributed by atoms with van der Waals surface area (Å²) >= 11 is 0. The Hall–Kier alpha value is -2.83. The predicted molar refractivity (Wildman–Crippen MR) is 101 cm³/mol. The van der Waals surface area contributed by atoms with E-state index >= 15 is 0 Å². The minimum atomic E-state index is -3.61. The van der Waals surface area contributed by atoms with Gasteiger partial charge in [0.05, 0.1) is 4.90 Å². The number of anilines is 3. The number of sulfonamides is 1. The zero-order chi connectivity index (χ0) is 17.7. The lowest BCUT2D eigenvalue weighted by atomic mass is 10.2. The average Bonchev–Trinajstić information content (AvgIpc) is 2.62. The van der Waals surface area contributed by atoms with Gasteiger partial charge in [-0.2, -0.15) is 0 Å². The van der Waals surface area contributed by atoms with Crippen molar-refractivity contribution in [2.45, 2.75) is 11.8 Å². The summed E-state index contributed by atoms with van der Waals surface area (Å²) in [7, 11) is -3.61. The summed E-state index contributed by atoms with van der Waals surface area (Å²) < 4.78 is 24.5. The summed E-state index contributed by atoms with van der Waals surface area (Å²) in [6, 6.07) is 23.8. The molecule has 6 heteroatoms. The van der Waals surface area contributed by atoms with Gasteiger partial charge in [-0.05, 0) is 55.5 Å². The Morgan fingerprint density at radius 1 is 0.680 bits per heavy atom. The van der Waals surface area contributed by atoms with Crippen LogP contribution in [0.25, 0.3) is 0 Å². The normalized spacial score (nSPS) is 11.1. The fourth-order valence-electron chi connectivity index (χ4n) is 2.23. The molecule has 0 saturated heterocycles. The number of aryl methyl sites for hydroxylation is 1. The second-order valence-electron chi connectivity index (χ2n) is 5.61. The quantitative estimate of drug-likeness (QED) is 0.585. The second-order valence-corrected chi connectivity index (χ2v) is 7.29. The molecule has 5 nitrogen and oxygen atoms in total. The van der Waals surface area contributed by atoms with E-state index in [9.17, 15) is 8.42 Å². The average molecular weight is 353 g/mol. The Morgan fingerprint density at radius 2 is 1.24 bits per heavy atom. The number of para-hydroxylation sites is 1. The molecule has 0 spiro atoms. The number of rotatable bonds is 6. The van der Waals surface area contributed by atoms with Gasteiger partial charge in [0.2, 0.25) is 0 Å². The second kappa shape index (κ2) is 7.38. The molecule has 3 aromatic rings. The van der Waals surface area contributed by atoms with E-state index < -0.39 is 10.0 Å². The first-order valence-corrected chi connectivity index (χ1v) is 9.28. The maximum absolute atomic E-state index is 12.2. The Morgan fingerprint density at radius 3 is 1.88 bits per heavy atom. The van der Waals surface area contributed by atoms with Crippen LogP contribution in [0.3, 0.4) is 0 Å². The highest BCUT2D eigenvalue weighted by molar-refractivity contribution is 7.89. The lowest BCUT2D eigenvalue weighted by molar-refractivity contribution is 0.587. The van der Waals surface area contributed by atoms with Crippen molar-refractivity contribution in [2.75, 3.05) is 10.7 Å². The van der Waals surface area contributed by atoms with E-state index in [0.717, 1.165) is 16.9 Å². The summed E-state index contributed by atoms with van der Waals surface area (Å²) in [6.45, 7) is 1.91. The van der Waals surface area contributed by atoms with E-state index in [2.05, 4.69) is 15.6 Å². The van der Waals surface area contributed by atoms with E-state index in [1.54, 1.807) is 36.4 Å². The van der Waals surface area contributed by atoms with Crippen LogP contribution in [0.15, 0.2) is 83.8 Å². The van der Waals surface area contributed by atoms with E-state index in [4.69, 9.17) is 0 Å². The van der Waals surface area contributed by atoms with Crippen molar-refractivity contribution in [3.8, 4) is 0 Å². The fraction of sp³-hybridized carbons (Fsp3) is 0.0526. The third-order valence-corrected chi connectivity index (χ3v) is 4.87. The Bertz CT molecular complexity index is 923.